The standard InChI is InChI=1S/C17H15Cl2NO2/c1-22-14-8-4-12(5-9-14)16(21)20-13-6-2-11(3-7-13)15-10-17(15,18)19/h2-9,15H,10H2,1H3,(H,20,21)/t15-/m0/s1. The number of alkyl halides is 2. The van der Waals surface area contributed by atoms with Gasteiger partial charge in [0.05, 0.1) is 7.11 Å². The second-order valence-corrected chi connectivity index (χ2v) is 6.86. The van der Waals surface area contributed by atoms with Crippen molar-refractivity contribution in [3.63, 3.8) is 0 Å². The molecule has 0 aromatic heterocycles. The van der Waals surface area contributed by atoms with Gasteiger partial charge in [0.15, 0.2) is 0 Å². The Morgan fingerprint density at radius 1 is 1.14 bits per heavy atom. The molecule has 0 radical (unpaired) electrons. The molecule has 22 heavy (non-hydrogen) atoms. The molecule has 2 aromatic rings. The molecule has 3 rings (SSSR count). The van der Waals surface area contributed by atoms with Gasteiger partial charge in [0.1, 0.15) is 10.1 Å². The molecule has 1 saturated carbocycles. The Balaban J connectivity index is 1.66. The Hall–Kier alpha value is -1.71. The fraction of sp³-hybridized carbons (Fsp3) is 0.235. The third-order valence-electron chi connectivity index (χ3n) is 3.75. The van der Waals surface area contributed by atoms with E-state index < -0.39 is 4.33 Å². The Labute approximate surface area is 139 Å². The minimum Gasteiger partial charge on any atom is -0.497 e. The number of carbonyl (C=O) groups excluding carboxylic acids is 1. The molecular formula is C17H15Cl2NO2. The third-order valence-corrected chi connectivity index (χ3v) is 4.58. The van der Waals surface area contributed by atoms with Crippen LogP contribution in [0.2, 0.25) is 0 Å². The third kappa shape index (κ3) is 3.21. The number of ether oxygens (including phenoxy) is 1. The Bertz CT molecular complexity index is 681. The van der Waals surface area contributed by atoms with Crippen molar-refractivity contribution < 1.29 is 9.53 Å². The summed E-state index contributed by atoms with van der Waals surface area (Å²) in [4.78, 5) is 12.2. The van der Waals surface area contributed by atoms with Crippen molar-refractivity contribution in [1.29, 1.82) is 0 Å². The second kappa shape index (κ2) is 5.82. The van der Waals surface area contributed by atoms with Crippen LogP contribution in [0.1, 0.15) is 28.3 Å². The number of methoxy groups -OCH3 is 1. The summed E-state index contributed by atoms with van der Waals surface area (Å²) < 4.78 is 4.44. The number of anilines is 1. The van der Waals surface area contributed by atoms with Crippen LogP contribution in [0.4, 0.5) is 5.69 Å². The van der Waals surface area contributed by atoms with Gasteiger partial charge in [0.25, 0.3) is 5.91 Å². The number of hydrogen-bond acceptors (Lipinski definition) is 2. The lowest BCUT2D eigenvalue weighted by Crippen LogP contribution is -2.11. The zero-order valence-corrected chi connectivity index (χ0v) is 13.5. The zero-order chi connectivity index (χ0) is 15.7. The van der Waals surface area contributed by atoms with Crippen LogP contribution in [0.5, 0.6) is 5.75 Å². The van der Waals surface area contributed by atoms with Crippen molar-refractivity contribution in [1.82, 2.24) is 0 Å². The Kier molecular flexibility index (Phi) is 4.02. The maximum absolute atomic E-state index is 12.2. The fourth-order valence-corrected chi connectivity index (χ4v) is 2.88. The summed E-state index contributed by atoms with van der Waals surface area (Å²) >= 11 is 12.1. The number of nitrogens with one attached hydrogen (secondary N) is 1. The van der Waals surface area contributed by atoms with Crippen molar-refractivity contribution in [3.05, 3.63) is 59.7 Å². The summed E-state index contributed by atoms with van der Waals surface area (Å²) in [6, 6.07) is 14.6. The lowest BCUT2D eigenvalue weighted by Gasteiger charge is -2.07. The molecule has 3 nitrogen and oxygen atoms in total. The van der Waals surface area contributed by atoms with Crippen LogP contribution in [0, 0.1) is 0 Å². The van der Waals surface area contributed by atoms with Gasteiger partial charge in [-0.1, -0.05) is 12.1 Å². The molecule has 0 spiro atoms. The number of amides is 1. The number of carbonyl (C=O) groups is 1. The van der Waals surface area contributed by atoms with E-state index in [9.17, 15) is 4.79 Å². The van der Waals surface area contributed by atoms with E-state index >= 15 is 0 Å². The summed E-state index contributed by atoms with van der Waals surface area (Å²) in [5.74, 6) is 0.740. The summed E-state index contributed by atoms with van der Waals surface area (Å²) in [5, 5.41) is 2.86. The van der Waals surface area contributed by atoms with Gasteiger partial charge in [-0.05, 0) is 48.4 Å². The summed E-state index contributed by atoms with van der Waals surface area (Å²) in [5.41, 5.74) is 2.40. The van der Waals surface area contributed by atoms with Crippen molar-refractivity contribution >= 4 is 34.8 Å². The van der Waals surface area contributed by atoms with Crippen molar-refractivity contribution in [2.24, 2.45) is 0 Å². The largest absolute Gasteiger partial charge is 0.497 e. The number of rotatable bonds is 4. The highest BCUT2D eigenvalue weighted by atomic mass is 35.5. The summed E-state index contributed by atoms with van der Waals surface area (Å²) in [6.07, 6.45) is 0.771. The van der Waals surface area contributed by atoms with Crippen LogP contribution in [0.15, 0.2) is 48.5 Å². The van der Waals surface area contributed by atoms with Gasteiger partial charge in [0.2, 0.25) is 0 Å². The smallest absolute Gasteiger partial charge is 0.255 e. The van der Waals surface area contributed by atoms with Crippen molar-refractivity contribution in [3.8, 4) is 5.75 Å². The monoisotopic (exact) mass is 335 g/mol. The minimum absolute atomic E-state index is 0.161. The Morgan fingerprint density at radius 2 is 1.73 bits per heavy atom. The highest BCUT2D eigenvalue weighted by Gasteiger charge is 2.52. The highest BCUT2D eigenvalue weighted by Crippen LogP contribution is 2.59. The molecule has 1 amide bonds. The maximum Gasteiger partial charge on any atom is 0.255 e. The lowest BCUT2D eigenvalue weighted by atomic mass is 10.1. The number of benzene rings is 2. The van der Waals surface area contributed by atoms with Gasteiger partial charge < -0.3 is 10.1 Å². The molecule has 1 N–H and O–H groups in total. The normalized spacial score (nSPS) is 18.6. The molecule has 0 unspecified atom stereocenters. The van der Waals surface area contributed by atoms with Crippen LogP contribution in [-0.4, -0.2) is 17.4 Å². The topological polar surface area (TPSA) is 38.3 Å². The van der Waals surface area contributed by atoms with Crippen LogP contribution in [-0.2, 0) is 0 Å². The maximum atomic E-state index is 12.2. The first-order chi connectivity index (χ1) is 10.5. The van der Waals surface area contributed by atoms with E-state index in [2.05, 4.69) is 5.32 Å². The molecule has 0 saturated heterocycles. The van der Waals surface area contributed by atoms with E-state index in [0.717, 1.165) is 23.4 Å². The van der Waals surface area contributed by atoms with E-state index in [4.69, 9.17) is 27.9 Å². The summed E-state index contributed by atoms with van der Waals surface area (Å²) in [6.45, 7) is 0. The average molecular weight is 336 g/mol. The summed E-state index contributed by atoms with van der Waals surface area (Å²) in [7, 11) is 1.59. The molecule has 2 aromatic carbocycles. The van der Waals surface area contributed by atoms with Crippen LogP contribution in [0.25, 0.3) is 0 Å². The van der Waals surface area contributed by atoms with E-state index in [1.165, 1.54) is 0 Å². The molecule has 0 heterocycles. The minimum atomic E-state index is -0.631. The molecule has 1 fully saturated rings. The van der Waals surface area contributed by atoms with Gasteiger partial charge in [-0.15, -0.1) is 23.2 Å². The van der Waals surface area contributed by atoms with E-state index in [1.54, 1.807) is 31.4 Å². The van der Waals surface area contributed by atoms with Gasteiger partial charge in [-0.25, -0.2) is 0 Å². The molecule has 5 heteroatoms. The van der Waals surface area contributed by atoms with Crippen LogP contribution >= 0.6 is 23.2 Å². The second-order valence-electron chi connectivity index (χ2n) is 5.32. The van der Waals surface area contributed by atoms with Crippen molar-refractivity contribution in [2.45, 2.75) is 16.7 Å². The zero-order valence-electron chi connectivity index (χ0n) is 12.0. The van der Waals surface area contributed by atoms with E-state index in [-0.39, 0.29) is 11.8 Å². The van der Waals surface area contributed by atoms with Gasteiger partial charge in [-0.3, -0.25) is 4.79 Å². The van der Waals surface area contributed by atoms with Crippen LogP contribution in [0.3, 0.4) is 0 Å². The SMILES string of the molecule is COc1ccc(C(=O)Nc2ccc([C@@H]3CC3(Cl)Cl)cc2)cc1. The van der Waals surface area contributed by atoms with Gasteiger partial charge in [0, 0.05) is 17.2 Å². The molecule has 1 aliphatic rings. The van der Waals surface area contributed by atoms with E-state index in [0.29, 0.717) is 5.56 Å². The predicted octanol–water partition coefficient (Wildman–Crippen LogP) is 4.61. The Morgan fingerprint density at radius 3 is 2.23 bits per heavy atom. The molecule has 114 valence electrons. The molecule has 0 bridgehead atoms. The average Bonchev–Trinajstić information content (AvgIpc) is 3.17. The molecule has 1 atom stereocenters. The van der Waals surface area contributed by atoms with Gasteiger partial charge >= 0.3 is 0 Å². The molecule has 0 aliphatic heterocycles. The molecule has 1 aliphatic carbocycles. The van der Waals surface area contributed by atoms with Crippen LogP contribution < -0.4 is 10.1 Å². The number of hydrogen-bond donors (Lipinski definition) is 1. The number of halogens is 2. The van der Waals surface area contributed by atoms with Gasteiger partial charge in [-0.2, -0.15) is 0 Å². The quantitative estimate of drug-likeness (QED) is 0.828. The first-order valence-corrected chi connectivity index (χ1v) is 7.68. The van der Waals surface area contributed by atoms with Crippen molar-refractivity contribution in [2.75, 3.05) is 12.4 Å². The predicted molar refractivity (Wildman–Crippen MR) is 89.2 cm³/mol. The first-order valence-electron chi connectivity index (χ1n) is 6.93. The molecular weight excluding hydrogens is 321 g/mol. The highest BCUT2D eigenvalue weighted by molar-refractivity contribution is 6.51. The van der Waals surface area contributed by atoms with E-state index in [1.807, 2.05) is 24.3 Å². The lowest BCUT2D eigenvalue weighted by molar-refractivity contribution is 0.102. The fourth-order valence-electron chi connectivity index (χ4n) is 2.32. The first kappa shape index (κ1) is 15.2.